The van der Waals surface area contributed by atoms with Gasteiger partial charge < -0.3 is 15.0 Å². The van der Waals surface area contributed by atoms with E-state index < -0.39 is 5.97 Å². The van der Waals surface area contributed by atoms with E-state index in [4.69, 9.17) is 5.11 Å². The normalized spacial score (nSPS) is 10.7. The smallest absolute Gasteiger partial charge is 0.345 e. The molecule has 0 bridgehead atoms. The van der Waals surface area contributed by atoms with Gasteiger partial charge in [-0.1, -0.05) is 0 Å². The molecule has 19 heavy (non-hydrogen) atoms. The van der Waals surface area contributed by atoms with Crippen LogP contribution in [0.15, 0.2) is 30.5 Å². The molecular weight excluding hydrogens is 264 g/mol. The molecule has 1 amide bonds. The van der Waals surface area contributed by atoms with Crippen LogP contribution in [0.1, 0.15) is 40.0 Å². The monoisotopic (exact) mass is 278 g/mol. The van der Waals surface area contributed by atoms with Gasteiger partial charge in [0.1, 0.15) is 10.6 Å². The molecular formula is C13H14N2O3S. The molecule has 0 aromatic carbocycles. The van der Waals surface area contributed by atoms with Crippen molar-refractivity contribution < 1.29 is 14.7 Å². The van der Waals surface area contributed by atoms with E-state index in [1.807, 2.05) is 30.7 Å². The standard InChI is InChI=1S/C13H14N2O3S/c1-8(2)15-7-3-4-9(15)12(16)14-11-6-5-10(19-11)13(17)18/h3-8H,1-2H3,(H,14,16)(H,17,18). The molecule has 0 atom stereocenters. The second kappa shape index (κ2) is 5.27. The largest absolute Gasteiger partial charge is 0.477 e. The molecule has 2 N–H and O–H groups in total. The van der Waals surface area contributed by atoms with Gasteiger partial charge in [0.05, 0.1) is 5.00 Å². The van der Waals surface area contributed by atoms with Crippen molar-refractivity contribution in [2.24, 2.45) is 0 Å². The predicted molar refractivity (Wildman–Crippen MR) is 74.0 cm³/mol. The first-order valence-electron chi connectivity index (χ1n) is 5.80. The zero-order valence-corrected chi connectivity index (χ0v) is 11.4. The van der Waals surface area contributed by atoms with Crippen molar-refractivity contribution in [2.75, 3.05) is 5.32 Å². The topological polar surface area (TPSA) is 71.3 Å². The Kier molecular flexibility index (Phi) is 3.71. The summed E-state index contributed by atoms with van der Waals surface area (Å²) < 4.78 is 1.86. The van der Waals surface area contributed by atoms with Crippen LogP contribution in [0.5, 0.6) is 0 Å². The second-order valence-electron chi connectivity index (χ2n) is 4.32. The minimum Gasteiger partial charge on any atom is -0.477 e. The van der Waals surface area contributed by atoms with Gasteiger partial charge in [-0.3, -0.25) is 4.79 Å². The first-order chi connectivity index (χ1) is 8.99. The third-order valence-corrected chi connectivity index (χ3v) is 3.61. The van der Waals surface area contributed by atoms with Gasteiger partial charge in [0.2, 0.25) is 0 Å². The molecule has 6 heteroatoms. The fourth-order valence-electron chi connectivity index (χ4n) is 1.73. The van der Waals surface area contributed by atoms with E-state index >= 15 is 0 Å². The average Bonchev–Trinajstić information content (AvgIpc) is 2.96. The highest BCUT2D eigenvalue weighted by Gasteiger charge is 2.14. The van der Waals surface area contributed by atoms with Crippen LogP contribution in [0.2, 0.25) is 0 Å². The molecule has 0 aliphatic heterocycles. The Bertz CT molecular complexity index is 613. The summed E-state index contributed by atoms with van der Waals surface area (Å²) >= 11 is 1.04. The van der Waals surface area contributed by atoms with Crippen LogP contribution >= 0.6 is 11.3 Å². The minimum absolute atomic E-state index is 0.189. The minimum atomic E-state index is -0.990. The van der Waals surface area contributed by atoms with Gasteiger partial charge in [-0.05, 0) is 38.1 Å². The number of anilines is 1. The molecule has 0 saturated carbocycles. The Labute approximate surface area is 114 Å². The highest BCUT2D eigenvalue weighted by atomic mass is 32.1. The summed E-state index contributed by atoms with van der Waals surface area (Å²) in [6.07, 6.45) is 1.84. The third kappa shape index (κ3) is 2.85. The Hall–Kier alpha value is -2.08. The van der Waals surface area contributed by atoms with Gasteiger partial charge >= 0.3 is 5.97 Å². The number of carboxylic acid groups (broad SMARTS) is 1. The molecule has 5 nitrogen and oxygen atoms in total. The fourth-order valence-corrected chi connectivity index (χ4v) is 2.47. The maximum atomic E-state index is 12.1. The van der Waals surface area contributed by atoms with E-state index in [-0.39, 0.29) is 16.8 Å². The highest BCUT2D eigenvalue weighted by molar-refractivity contribution is 7.18. The number of amides is 1. The lowest BCUT2D eigenvalue weighted by Gasteiger charge is -2.12. The molecule has 0 spiro atoms. The zero-order chi connectivity index (χ0) is 14.0. The number of aromatic nitrogens is 1. The Morgan fingerprint density at radius 2 is 2.05 bits per heavy atom. The van der Waals surface area contributed by atoms with Gasteiger partial charge in [0.15, 0.2) is 0 Å². The first kappa shape index (κ1) is 13.4. The van der Waals surface area contributed by atoms with E-state index in [2.05, 4.69) is 5.32 Å². The number of hydrogen-bond donors (Lipinski definition) is 2. The number of nitrogens with zero attached hydrogens (tertiary/aromatic N) is 1. The van der Waals surface area contributed by atoms with Crippen molar-refractivity contribution in [3.8, 4) is 0 Å². The lowest BCUT2D eigenvalue weighted by molar-refractivity contribution is 0.0702. The van der Waals surface area contributed by atoms with Gasteiger partial charge in [0.25, 0.3) is 5.91 Å². The lowest BCUT2D eigenvalue weighted by atomic mass is 10.3. The number of hydrogen-bond acceptors (Lipinski definition) is 3. The molecule has 2 heterocycles. The van der Waals surface area contributed by atoms with E-state index in [9.17, 15) is 9.59 Å². The maximum absolute atomic E-state index is 12.1. The van der Waals surface area contributed by atoms with Gasteiger partial charge in [-0.25, -0.2) is 4.79 Å². The summed E-state index contributed by atoms with van der Waals surface area (Å²) in [5, 5.41) is 12.1. The molecule has 0 aliphatic rings. The number of nitrogens with one attached hydrogen (secondary N) is 1. The number of aromatic carboxylic acids is 1. The van der Waals surface area contributed by atoms with E-state index in [1.165, 1.54) is 6.07 Å². The number of rotatable bonds is 4. The fraction of sp³-hybridized carbons (Fsp3) is 0.231. The quantitative estimate of drug-likeness (QED) is 0.902. The molecule has 2 aromatic rings. The molecule has 2 aromatic heterocycles. The molecule has 0 saturated heterocycles. The molecule has 0 aliphatic carbocycles. The van der Waals surface area contributed by atoms with Gasteiger partial charge in [0, 0.05) is 12.2 Å². The molecule has 2 rings (SSSR count). The van der Waals surface area contributed by atoms with Crippen molar-refractivity contribution in [1.29, 1.82) is 0 Å². The van der Waals surface area contributed by atoms with Crippen LogP contribution in [0.3, 0.4) is 0 Å². The van der Waals surface area contributed by atoms with Crippen molar-refractivity contribution in [3.05, 3.63) is 41.0 Å². The predicted octanol–water partition coefficient (Wildman–Crippen LogP) is 3.08. The summed E-state index contributed by atoms with van der Waals surface area (Å²) in [6.45, 7) is 3.98. The number of carbonyl (C=O) groups excluding carboxylic acids is 1. The van der Waals surface area contributed by atoms with Crippen LogP contribution in [-0.2, 0) is 0 Å². The van der Waals surface area contributed by atoms with Crippen LogP contribution < -0.4 is 5.32 Å². The summed E-state index contributed by atoms with van der Waals surface area (Å²) in [5.41, 5.74) is 0.556. The van der Waals surface area contributed by atoms with E-state index in [0.717, 1.165) is 11.3 Å². The number of carbonyl (C=O) groups is 2. The summed E-state index contributed by atoms with van der Waals surface area (Å²) in [5.74, 6) is -1.23. The highest BCUT2D eigenvalue weighted by Crippen LogP contribution is 2.23. The van der Waals surface area contributed by atoms with Crippen molar-refractivity contribution >= 4 is 28.2 Å². The van der Waals surface area contributed by atoms with Crippen molar-refractivity contribution in [2.45, 2.75) is 19.9 Å². The number of thiophene rings is 1. The number of carboxylic acids is 1. The molecule has 100 valence electrons. The van der Waals surface area contributed by atoms with Crippen molar-refractivity contribution in [3.63, 3.8) is 0 Å². The van der Waals surface area contributed by atoms with E-state index in [1.54, 1.807) is 12.1 Å². The van der Waals surface area contributed by atoms with Crippen LogP contribution in [0.25, 0.3) is 0 Å². The summed E-state index contributed by atoms with van der Waals surface area (Å²) in [4.78, 5) is 23.1. The van der Waals surface area contributed by atoms with Gasteiger partial charge in [-0.15, -0.1) is 11.3 Å². The maximum Gasteiger partial charge on any atom is 0.345 e. The van der Waals surface area contributed by atoms with Crippen LogP contribution in [0, 0.1) is 0 Å². The molecule has 0 radical (unpaired) electrons. The SMILES string of the molecule is CC(C)n1cccc1C(=O)Nc1ccc(C(=O)O)s1. The molecule has 0 fully saturated rings. The second-order valence-corrected chi connectivity index (χ2v) is 5.40. The Balaban J connectivity index is 2.16. The zero-order valence-electron chi connectivity index (χ0n) is 10.6. The molecule has 0 unspecified atom stereocenters. The van der Waals surface area contributed by atoms with Gasteiger partial charge in [-0.2, -0.15) is 0 Å². The Morgan fingerprint density at radius 3 is 2.63 bits per heavy atom. The van der Waals surface area contributed by atoms with Crippen LogP contribution in [0.4, 0.5) is 5.00 Å². The first-order valence-corrected chi connectivity index (χ1v) is 6.62. The van der Waals surface area contributed by atoms with Crippen molar-refractivity contribution in [1.82, 2.24) is 4.57 Å². The average molecular weight is 278 g/mol. The Morgan fingerprint density at radius 1 is 1.32 bits per heavy atom. The van der Waals surface area contributed by atoms with Crippen LogP contribution in [-0.4, -0.2) is 21.6 Å². The summed E-state index contributed by atoms with van der Waals surface area (Å²) in [6, 6.07) is 6.81. The third-order valence-electron chi connectivity index (χ3n) is 2.62. The lowest BCUT2D eigenvalue weighted by Crippen LogP contribution is -2.17. The summed E-state index contributed by atoms with van der Waals surface area (Å²) in [7, 11) is 0. The van der Waals surface area contributed by atoms with E-state index in [0.29, 0.717) is 10.7 Å².